The van der Waals surface area contributed by atoms with Gasteiger partial charge in [0.05, 0.1) is 41.9 Å². The van der Waals surface area contributed by atoms with Crippen LogP contribution in [0.4, 0.5) is 0 Å². The first-order valence-corrected chi connectivity index (χ1v) is 26.6. The van der Waals surface area contributed by atoms with Crippen molar-refractivity contribution in [1.29, 1.82) is 0 Å². The molecule has 0 spiro atoms. The van der Waals surface area contributed by atoms with Crippen LogP contribution in [0.5, 0.6) is 0 Å². The first-order valence-electron chi connectivity index (χ1n) is 23.1. The van der Waals surface area contributed by atoms with E-state index in [0.29, 0.717) is 5.92 Å². The number of nitrogens with zero attached hydrogens (tertiary/aromatic N) is 4. The Hall–Kier alpha value is -6.24. The number of hydrogen-bond acceptors (Lipinski definition) is 4. The van der Waals surface area contributed by atoms with E-state index in [1.165, 1.54) is 16.3 Å². The zero-order valence-electron chi connectivity index (χ0n) is 40.2. The zero-order valence-corrected chi connectivity index (χ0v) is 43.6. The van der Waals surface area contributed by atoms with Gasteiger partial charge in [-0.05, 0) is 89.5 Å². The molecule has 6 aromatic carbocycles. The summed E-state index contributed by atoms with van der Waals surface area (Å²) in [6.45, 7) is 22.6. The van der Waals surface area contributed by atoms with E-state index >= 15 is 0 Å². The number of rotatable bonds is 8. The number of aryl methyl sites for hydroxylation is 2. The van der Waals surface area contributed by atoms with E-state index in [1.807, 2.05) is 44.2 Å². The Morgan fingerprint density at radius 2 is 1.33 bits per heavy atom. The number of aromatic nitrogens is 4. The number of benzene rings is 6. The van der Waals surface area contributed by atoms with Crippen LogP contribution in [0.3, 0.4) is 0 Å². The van der Waals surface area contributed by atoms with Gasteiger partial charge in [0.2, 0.25) is 0 Å². The van der Waals surface area contributed by atoms with Crippen molar-refractivity contribution in [2.75, 3.05) is 0 Å². The summed E-state index contributed by atoms with van der Waals surface area (Å²) in [5, 5.41) is 3.58. The fourth-order valence-electron chi connectivity index (χ4n) is 9.10. The van der Waals surface area contributed by atoms with Crippen molar-refractivity contribution < 1.29 is 24.5 Å². The van der Waals surface area contributed by atoms with Crippen LogP contribution in [0.25, 0.3) is 83.6 Å². The second kappa shape index (κ2) is 19.2. The Kier molecular flexibility index (Phi) is 13.5. The van der Waals surface area contributed by atoms with Crippen LogP contribution >= 0.6 is 0 Å². The molecule has 5 nitrogen and oxygen atoms in total. The van der Waals surface area contributed by atoms with Crippen LogP contribution < -0.4 is 5.19 Å². The molecule has 0 unspecified atom stereocenters. The second-order valence-electron chi connectivity index (χ2n) is 19.9. The maximum atomic E-state index is 6.66. The van der Waals surface area contributed by atoms with Gasteiger partial charge in [0, 0.05) is 48.5 Å². The van der Waals surface area contributed by atoms with Crippen LogP contribution in [-0.2, 0) is 31.9 Å². The summed E-state index contributed by atoms with van der Waals surface area (Å²) in [6.07, 6.45) is 3.24. The van der Waals surface area contributed by atoms with Crippen molar-refractivity contribution in [1.82, 2.24) is 19.5 Å². The van der Waals surface area contributed by atoms with Crippen molar-refractivity contribution in [2.24, 2.45) is 5.92 Å². The number of hydrogen-bond donors (Lipinski definition) is 0. The van der Waals surface area contributed by atoms with Crippen molar-refractivity contribution in [3.05, 3.63) is 186 Å². The number of para-hydroxylation sites is 2. The molecule has 0 fully saturated rings. The predicted molar refractivity (Wildman–Crippen MR) is 279 cm³/mol. The van der Waals surface area contributed by atoms with Gasteiger partial charge in [-0.3, -0.25) is 9.97 Å². The van der Waals surface area contributed by atoms with E-state index in [1.54, 1.807) is 0 Å². The molecule has 0 bridgehead atoms. The van der Waals surface area contributed by atoms with Crippen molar-refractivity contribution in [2.45, 2.75) is 79.9 Å². The van der Waals surface area contributed by atoms with E-state index in [-0.39, 0.29) is 25.5 Å². The van der Waals surface area contributed by atoms with Gasteiger partial charge in [0.25, 0.3) is 0 Å². The molecule has 339 valence electrons. The van der Waals surface area contributed by atoms with Crippen LogP contribution in [0, 0.1) is 31.9 Å². The molecule has 0 amide bonds. The van der Waals surface area contributed by atoms with E-state index in [2.05, 4.69) is 197 Å². The van der Waals surface area contributed by atoms with Gasteiger partial charge in [0.1, 0.15) is 5.58 Å². The van der Waals surface area contributed by atoms with Gasteiger partial charge < -0.3 is 14.0 Å². The normalized spacial score (nSPS) is 11.8. The largest absolute Gasteiger partial charge is 0.499 e. The minimum absolute atomic E-state index is 0. The van der Waals surface area contributed by atoms with E-state index < -0.39 is 8.07 Å². The summed E-state index contributed by atoms with van der Waals surface area (Å²) in [7, 11) is -1.34. The molecule has 67 heavy (non-hydrogen) atoms. The first-order chi connectivity index (χ1) is 31.7. The van der Waals surface area contributed by atoms with Crippen LogP contribution in [0.2, 0.25) is 19.6 Å². The first kappa shape index (κ1) is 47.3. The second-order valence-corrected chi connectivity index (χ2v) is 25.0. The number of fused-ring (bicyclic) bond motifs is 4. The smallest absolute Gasteiger partial charge is 0.142 e. The van der Waals surface area contributed by atoms with E-state index in [9.17, 15) is 0 Å². The van der Waals surface area contributed by atoms with E-state index in [0.717, 1.165) is 101 Å². The summed E-state index contributed by atoms with van der Waals surface area (Å²) < 4.78 is 8.98. The molecule has 1 radical (unpaired) electrons. The van der Waals surface area contributed by atoms with Crippen molar-refractivity contribution in [3.8, 4) is 50.6 Å². The molecule has 0 saturated heterocycles. The van der Waals surface area contributed by atoms with Crippen molar-refractivity contribution >= 4 is 46.2 Å². The predicted octanol–water partition coefficient (Wildman–Crippen LogP) is 15.3. The number of imidazole rings is 1. The molecule has 4 heterocycles. The quantitative estimate of drug-likeness (QED) is 0.112. The zero-order chi connectivity index (χ0) is 46.3. The monoisotopic (exact) mass is 1070 g/mol. The molecule has 0 atom stereocenters. The van der Waals surface area contributed by atoms with Gasteiger partial charge >= 0.3 is 0 Å². The Morgan fingerprint density at radius 3 is 1.94 bits per heavy atom. The maximum absolute atomic E-state index is 6.66. The van der Waals surface area contributed by atoms with Crippen molar-refractivity contribution in [3.63, 3.8) is 0 Å². The van der Waals surface area contributed by atoms with Gasteiger partial charge in [-0.25, -0.2) is 0 Å². The van der Waals surface area contributed by atoms with Crippen LogP contribution in [-0.4, -0.2) is 27.6 Å². The molecule has 0 N–H and O–H groups in total. The summed E-state index contributed by atoms with van der Waals surface area (Å²) in [6, 6.07) is 57.8. The van der Waals surface area contributed by atoms with Gasteiger partial charge in [-0.1, -0.05) is 150 Å². The molecule has 0 aliphatic heterocycles. The van der Waals surface area contributed by atoms with Crippen LogP contribution in [0.1, 0.15) is 57.1 Å². The van der Waals surface area contributed by atoms with Gasteiger partial charge in [0.15, 0.2) is 0 Å². The number of pyridine rings is 2. The Balaban J connectivity index is 0.000000244. The third-order valence-electron chi connectivity index (χ3n) is 12.3. The molecule has 0 aliphatic rings. The van der Waals surface area contributed by atoms with Crippen LogP contribution in [0.15, 0.2) is 156 Å². The summed E-state index contributed by atoms with van der Waals surface area (Å²) in [4.78, 5) is 14.7. The van der Waals surface area contributed by atoms with Gasteiger partial charge in [-0.2, -0.15) is 0 Å². The summed E-state index contributed by atoms with van der Waals surface area (Å²) in [5.41, 5.74) is 16.6. The molecule has 10 aromatic rings. The molecular weight excluding hydrogens is 1010 g/mol. The maximum Gasteiger partial charge on any atom is 0.142 e. The standard InChI is InChI=1S/C42H34N3O.C18H24NSi.Ir/c1-26-23-35-31-19-14-20-32(40(31)46-39(35)27(2)43-26)41-44-36-21-12-13-22-37(36)45(41)38-33(28-15-8-6-9-16-28)24-30(42(3,4)5)25-34(38)29-17-10-7-11-18-29;1-14(2)11-16-12-17(15-9-7-6-8-10-15)19-13-18(16)20(3,4)5;/h6-19,21-25H,1-5H3;6-9,12-14H,11H2,1-5H3;/q2*-1;. The minimum atomic E-state index is -1.34. The molecule has 0 saturated carbocycles. The SMILES string of the molecule is CC(C)Cc1cc(-c2[c-]cccc2)ncc1[Si](C)(C)C.Cc1cc2c(oc3c(-c4nc5ccccc5n4-c4c(-c5ccccc5)cc(C(C)(C)C)cc4-c4ccccc4)[c-]ccc32)c(C)n1.[Ir]. The molecule has 4 aromatic heterocycles. The minimum Gasteiger partial charge on any atom is -0.499 e. The summed E-state index contributed by atoms with van der Waals surface area (Å²) >= 11 is 0. The van der Waals surface area contributed by atoms with E-state index in [4.69, 9.17) is 14.4 Å². The topological polar surface area (TPSA) is 56.7 Å². The fourth-order valence-corrected chi connectivity index (χ4v) is 10.7. The molecule has 7 heteroatoms. The Morgan fingerprint density at radius 1 is 0.687 bits per heavy atom. The third kappa shape index (κ3) is 9.65. The Labute approximate surface area is 410 Å². The fraction of sp³-hybridized carbons (Fsp3) is 0.217. The average molecular weight is 1070 g/mol. The number of furan rings is 1. The molecule has 10 rings (SSSR count). The molecule has 0 aliphatic carbocycles. The van der Waals surface area contributed by atoms with Gasteiger partial charge in [-0.15, -0.1) is 54.1 Å². The average Bonchev–Trinajstić information content (AvgIpc) is 3.88. The summed E-state index contributed by atoms with van der Waals surface area (Å²) in [5.74, 6) is 1.45. The third-order valence-corrected chi connectivity index (χ3v) is 14.3. The Bertz CT molecular complexity index is 3280. The molecular formula is C60H58IrN4OSi-2.